The number of benzene rings is 2. The van der Waals surface area contributed by atoms with Gasteiger partial charge in [0, 0.05) is 24.2 Å². The van der Waals surface area contributed by atoms with Crippen LogP contribution in [0, 0.1) is 0 Å². The fourth-order valence-corrected chi connectivity index (χ4v) is 4.00. The molecule has 2 aromatic carbocycles. The zero-order valence-electron chi connectivity index (χ0n) is 14.8. The summed E-state index contributed by atoms with van der Waals surface area (Å²) in [6.07, 6.45) is 3.60. The molecular formula is C21H27NO3. The Hall–Kier alpha value is -2.04. The number of phenols is 2. The average Bonchev–Trinajstić information content (AvgIpc) is 3.08. The Bertz CT molecular complexity index is 715. The van der Waals surface area contributed by atoms with Gasteiger partial charge in [0.2, 0.25) is 0 Å². The first-order valence-electron chi connectivity index (χ1n) is 9.12. The lowest BCUT2D eigenvalue weighted by Crippen LogP contribution is -2.34. The van der Waals surface area contributed by atoms with Gasteiger partial charge in [-0.3, -0.25) is 4.90 Å². The first-order valence-corrected chi connectivity index (χ1v) is 9.12. The van der Waals surface area contributed by atoms with Crippen LogP contribution >= 0.6 is 0 Å². The second-order valence-corrected chi connectivity index (χ2v) is 6.73. The zero-order valence-corrected chi connectivity index (χ0v) is 14.8. The maximum atomic E-state index is 10.5. The zero-order chi connectivity index (χ0) is 17.8. The fourth-order valence-electron chi connectivity index (χ4n) is 4.00. The summed E-state index contributed by atoms with van der Waals surface area (Å²) < 4.78 is 0. The summed E-state index contributed by atoms with van der Waals surface area (Å²) in [5.74, 6) is 0.283. The van der Waals surface area contributed by atoms with Gasteiger partial charge in [-0.05, 0) is 48.9 Å². The van der Waals surface area contributed by atoms with Crippen LogP contribution in [0.25, 0.3) is 11.1 Å². The van der Waals surface area contributed by atoms with E-state index in [4.69, 9.17) is 0 Å². The van der Waals surface area contributed by atoms with Gasteiger partial charge in [-0.15, -0.1) is 0 Å². The molecule has 4 nitrogen and oxygen atoms in total. The van der Waals surface area contributed by atoms with Crippen LogP contribution in [0.5, 0.6) is 11.5 Å². The molecule has 3 rings (SSSR count). The largest absolute Gasteiger partial charge is 0.508 e. The van der Waals surface area contributed by atoms with E-state index in [0.29, 0.717) is 6.42 Å². The molecule has 1 heterocycles. The van der Waals surface area contributed by atoms with Crippen LogP contribution in [0.1, 0.15) is 30.9 Å². The number of aliphatic hydroxyl groups is 1. The second kappa shape index (κ2) is 7.89. The van der Waals surface area contributed by atoms with Crippen LogP contribution in [0.4, 0.5) is 0 Å². The monoisotopic (exact) mass is 341 g/mol. The Morgan fingerprint density at radius 2 is 1.84 bits per heavy atom. The van der Waals surface area contributed by atoms with Gasteiger partial charge in [-0.25, -0.2) is 0 Å². The SMILES string of the molecule is CCc1c(O)cc(O)c(-c2ccccc2)c1CCN1CCCC1CO. The first-order chi connectivity index (χ1) is 12.2. The quantitative estimate of drug-likeness (QED) is 0.754. The highest BCUT2D eigenvalue weighted by atomic mass is 16.3. The van der Waals surface area contributed by atoms with Gasteiger partial charge in [0.15, 0.2) is 0 Å². The van der Waals surface area contributed by atoms with Crippen molar-refractivity contribution in [2.75, 3.05) is 19.7 Å². The second-order valence-electron chi connectivity index (χ2n) is 6.73. The smallest absolute Gasteiger partial charge is 0.127 e. The van der Waals surface area contributed by atoms with Gasteiger partial charge in [0.25, 0.3) is 0 Å². The van der Waals surface area contributed by atoms with E-state index in [1.807, 2.05) is 37.3 Å². The van der Waals surface area contributed by atoms with E-state index in [2.05, 4.69) is 4.90 Å². The minimum absolute atomic E-state index is 0.121. The van der Waals surface area contributed by atoms with Crippen molar-refractivity contribution in [3.8, 4) is 22.6 Å². The highest BCUT2D eigenvalue weighted by molar-refractivity contribution is 5.76. The third-order valence-electron chi connectivity index (χ3n) is 5.28. The van der Waals surface area contributed by atoms with E-state index < -0.39 is 0 Å². The lowest BCUT2D eigenvalue weighted by molar-refractivity contribution is 0.160. The van der Waals surface area contributed by atoms with Gasteiger partial charge < -0.3 is 15.3 Å². The Labute approximate surface area is 149 Å². The number of likely N-dealkylation sites (tertiary alicyclic amines) is 1. The number of hydrogen-bond acceptors (Lipinski definition) is 4. The number of phenolic OH excluding ortho intramolecular Hbond substituents is 2. The van der Waals surface area contributed by atoms with Crippen LogP contribution in [0.3, 0.4) is 0 Å². The molecule has 0 aromatic heterocycles. The van der Waals surface area contributed by atoms with Crippen molar-refractivity contribution < 1.29 is 15.3 Å². The maximum Gasteiger partial charge on any atom is 0.127 e. The molecule has 0 radical (unpaired) electrons. The molecule has 4 heteroatoms. The topological polar surface area (TPSA) is 63.9 Å². The number of aromatic hydroxyl groups is 2. The highest BCUT2D eigenvalue weighted by Gasteiger charge is 2.25. The number of nitrogens with zero attached hydrogens (tertiary/aromatic N) is 1. The Kier molecular flexibility index (Phi) is 5.61. The van der Waals surface area contributed by atoms with Crippen LogP contribution < -0.4 is 0 Å². The van der Waals surface area contributed by atoms with Crippen molar-refractivity contribution in [3.05, 3.63) is 47.5 Å². The average molecular weight is 341 g/mol. The van der Waals surface area contributed by atoms with Crippen molar-refractivity contribution >= 4 is 0 Å². The molecule has 1 atom stereocenters. The standard InChI is InChI=1S/C21H27NO3/c1-2-17-18(10-12-22-11-6-9-16(22)14-23)21(20(25)13-19(17)24)15-7-4-3-5-8-15/h3-5,7-8,13,16,23-25H,2,6,9-12,14H2,1H3. The summed E-state index contributed by atoms with van der Waals surface area (Å²) in [6.45, 7) is 4.04. The van der Waals surface area contributed by atoms with Crippen molar-refractivity contribution in [1.29, 1.82) is 0 Å². The van der Waals surface area contributed by atoms with Crippen LogP contribution in [-0.2, 0) is 12.8 Å². The van der Waals surface area contributed by atoms with Gasteiger partial charge in [0.05, 0.1) is 6.61 Å². The third-order valence-corrected chi connectivity index (χ3v) is 5.28. The van der Waals surface area contributed by atoms with Gasteiger partial charge in [-0.1, -0.05) is 37.3 Å². The number of aliphatic hydroxyl groups excluding tert-OH is 1. The molecule has 0 aliphatic carbocycles. The summed E-state index contributed by atoms with van der Waals surface area (Å²) in [6, 6.07) is 11.5. The maximum absolute atomic E-state index is 10.5. The lowest BCUT2D eigenvalue weighted by atomic mass is 9.90. The Morgan fingerprint density at radius 3 is 2.52 bits per heavy atom. The van der Waals surface area contributed by atoms with E-state index in [0.717, 1.165) is 54.6 Å². The van der Waals surface area contributed by atoms with E-state index in [1.165, 1.54) is 6.07 Å². The molecule has 1 aliphatic heterocycles. The molecule has 1 unspecified atom stereocenters. The normalized spacial score (nSPS) is 17.9. The Balaban J connectivity index is 1.98. The fraction of sp³-hybridized carbons (Fsp3) is 0.429. The van der Waals surface area contributed by atoms with Crippen LogP contribution in [0.2, 0.25) is 0 Å². The molecule has 1 fully saturated rings. The predicted octanol–water partition coefficient (Wildman–Crippen LogP) is 3.33. The number of rotatable bonds is 6. The van der Waals surface area contributed by atoms with Gasteiger partial charge in [-0.2, -0.15) is 0 Å². The summed E-state index contributed by atoms with van der Waals surface area (Å²) in [7, 11) is 0. The molecule has 3 N–H and O–H groups in total. The first kappa shape index (κ1) is 17.8. The molecule has 1 saturated heterocycles. The van der Waals surface area contributed by atoms with Crippen LogP contribution in [0.15, 0.2) is 36.4 Å². The summed E-state index contributed by atoms with van der Waals surface area (Å²) in [5, 5.41) is 30.4. The molecular weight excluding hydrogens is 314 g/mol. The minimum Gasteiger partial charge on any atom is -0.508 e. The van der Waals surface area contributed by atoms with E-state index in [-0.39, 0.29) is 24.1 Å². The highest BCUT2D eigenvalue weighted by Crippen LogP contribution is 2.40. The molecule has 1 aliphatic rings. The third kappa shape index (κ3) is 3.65. The molecule has 2 aromatic rings. The van der Waals surface area contributed by atoms with Crippen molar-refractivity contribution in [2.24, 2.45) is 0 Å². The van der Waals surface area contributed by atoms with Crippen molar-refractivity contribution in [1.82, 2.24) is 4.90 Å². The minimum atomic E-state index is 0.121. The predicted molar refractivity (Wildman–Crippen MR) is 100.0 cm³/mol. The summed E-state index contributed by atoms with van der Waals surface area (Å²) in [5.41, 5.74) is 3.69. The lowest BCUT2D eigenvalue weighted by Gasteiger charge is -2.24. The van der Waals surface area contributed by atoms with Crippen molar-refractivity contribution in [2.45, 2.75) is 38.6 Å². The summed E-state index contributed by atoms with van der Waals surface area (Å²) in [4.78, 5) is 2.31. The van der Waals surface area contributed by atoms with Gasteiger partial charge in [0.1, 0.15) is 11.5 Å². The molecule has 0 spiro atoms. The Morgan fingerprint density at radius 1 is 1.08 bits per heavy atom. The molecule has 134 valence electrons. The van der Waals surface area contributed by atoms with Crippen LogP contribution in [-0.4, -0.2) is 46.0 Å². The van der Waals surface area contributed by atoms with E-state index >= 15 is 0 Å². The number of hydrogen-bond donors (Lipinski definition) is 3. The summed E-state index contributed by atoms with van der Waals surface area (Å²) >= 11 is 0. The molecule has 0 saturated carbocycles. The molecule has 0 bridgehead atoms. The molecule has 0 amide bonds. The van der Waals surface area contributed by atoms with E-state index in [9.17, 15) is 15.3 Å². The molecule has 25 heavy (non-hydrogen) atoms. The van der Waals surface area contributed by atoms with Gasteiger partial charge >= 0.3 is 0 Å². The van der Waals surface area contributed by atoms with Crippen molar-refractivity contribution in [3.63, 3.8) is 0 Å². The van der Waals surface area contributed by atoms with E-state index in [1.54, 1.807) is 0 Å².